The Bertz CT molecular complexity index is 417. The van der Waals surface area contributed by atoms with Crippen molar-refractivity contribution in [2.45, 2.75) is 27.2 Å². The van der Waals surface area contributed by atoms with E-state index in [-0.39, 0.29) is 5.41 Å². The molecule has 0 heterocycles. The van der Waals surface area contributed by atoms with Crippen molar-refractivity contribution in [2.24, 2.45) is 11.1 Å². The molecule has 0 aliphatic carbocycles. The number of nitrogens with two attached hydrogens (primary N) is 1. The summed E-state index contributed by atoms with van der Waals surface area (Å²) in [5.41, 5.74) is 7.89. The Hall–Kier alpha value is -1.42. The molecule has 0 saturated heterocycles. The lowest BCUT2D eigenvalue weighted by atomic mass is 9.90. The Morgan fingerprint density at radius 3 is 2.42 bits per heavy atom. The van der Waals surface area contributed by atoms with Crippen molar-refractivity contribution in [1.29, 1.82) is 0 Å². The quantitative estimate of drug-likeness (QED) is 0.797. The van der Waals surface area contributed by atoms with Crippen LogP contribution in [-0.2, 0) is 0 Å². The number of hydrogen-bond donors (Lipinski definition) is 2. The number of hydrogen-bond acceptors (Lipinski definition) is 4. The highest BCUT2D eigenvalue weighted by Crippen LogP contribution is 2.35. The van der Waals surface area contributed by atoms with Crippen LogP contribution in [0.5, 0.6) is 11.5 Å². The third-order valence-electron chi connectivity index (χ3n) is 3.45. The first-order valence-electron chi connectivity index (χ1n) is 6.60. The minimum absolute atomic E-state index is 0.155. The molecular weight excluding hydrogens is 240 g/mol. The molecule has 1 rings (SSSR count). The van der Waals surface area contributed by atoms with Gasteiger partial charge in [-0.1, -0.05) is 13.8 Å². The van der Waals surface area contributed by atoms with Crippen LogP contribution < -0.4 is 20.5 Å². The molecule has 0 amide bonds. The van der Waals surface area contributed by atoms with E-state index in [1.807, 2.05) is 19.1 Å². The van der Waals surface area contributed by atoms with Crippen molar-refractivity contribution in [3.63, 3.8) is 0 Å². The highest BCUT2D eigenvalue weighted by Gasteiger charge is 2.16. The molecule has 0 aliphatic rings. The minimum Gasteiger partial charge on any atom is -0.496 e. The second-order valence-corrected chi connectivity index (χ2v) is 5.52. The van der Waals surface area contributed by atoms with Gasteiger partial charge in [-0.15, -0.1) is 0 Å². The van der Waals surface area contributed by atoms with E-state index < -0.39 is 0 Å². The average molecular weight is 266 g/mol. The van der Waals surface area contributed by atoms with Crippen LogP contribution in [0, 0.1) is 12.3 Å². The van der Waals surface area contributed by atoms with Gasteiger partial charge in [0, 0.05) is 12.1 Å². The zero-order chi connectivity index (χ0) is 14.5. The smallest absolute Gasteiger partial charge is 0.148 e. The minimum atomic E-state index is 0.155. The van der Waals surface area contributed by atoms with E-state index in [1.54, 1.807) is 14.2 Å². The Morgan fingerprint density at radius 2 is 1.89 bits per heavy atom. The van der Waals surface area contributed by atoms with Crippen LogP contribution in [0.15, 0.2) is 12.1 Å². The van der Waals surface area contributed by atoms with Gasteiger partial charge in [0.05, 0.1) is 19.9 Å². The topological polar surface area (TPSA) is 56.5 Å². The van der Waals surface area contributed by atoms with Crippen molar-refractivity contribution < 1.29 is 9.47 Å². The molecule has 4 nitrogen and oxygen atoms in total. The summed E-state index contributed by atoms with van der Waals surface area (Å²) in [4.78, 5) is 0. The summed E-state index contributed by atoms with van der Waals surface area (Å²) in [6.07, 6.45) is 1.01. The summed E-state index contributed by atoms with van der Waals surface area (Å²) < 4.78 is 10.8. The maximum Gasteiger partial charge on any atom is 0.148 e. The number of methoxy groups -OCH3 is 2. The summed E-state index contributed by atoms with van der Waals surface area (Å²) >= 11 is 0. The van der Waals surface area contributed by atoms with Gasteiger partial charge in [0.1, 0.15) is 11.5 Å². The molecule has 0 fully saturated rings. The van der Waals surface area contributed by atoms with Crippen LogP contribution in [0.4, 0.5) is 5.69 Å². The van der Waals surface area contributed by atoms with Gasteiger partial charge in [-0.3, -0.25) is 0 Å². The molecule has 108 valence electrons. The second-order valence-electron chi connectivity index (χ2n) is 5.52. The predicted octanol–water partition coefficient (Wildman–Crippen LogP) is 2.80. The van der Waals surface area contributed by atoms with Gasteiger partial charge in [-0.05, 0) is 37.4 Å². The van der Waals surface area contributed by atoms with E-state index in [0.717, 1.165) is 35.7 Å². The molecule has 3 N–H and O–H groups in total. The number of rotatable bonds is 7. The zero-order valence-electron chi connectivity index (χ0n) is 12.7. The van der Waals surface area contributed by atoms with Crippen molar-refractivity contribution in [2.75, 3.05) is 32.6 Å². The third-order valence-corrected chi connectivity index (χ3v) is 3.45. The van der Waals surface area contributed by atoms with Crippen LogP contribution >= 0.6 is 0 Å². The van der Waals surface area contributed by atoms with E-state index in [9.17, 15) is 0 Å². The van der Waals surface area contributed by atoms with Gasteiger partial charge in [-0.2, -0.15) is 0 Å². The standard InChI is InChI=1S/C15H26N2O2/c1-11-13(18-4)7-6-12(14(11)19-5)17-9-8-15(2,3)10-16/h6-7,17H,8-10,16H2,1-5H3. The maximum absolute atomic E-state index is 5.73. The zero-order valence-corrected chi connectivity index (χ0v) is 12.7. The monoisotopic (exact) mass is 266 g/mol. The van der Waals surface area contributed by atoms with Gasteiger partial charge in [0.15, 0.2) is 0 Å². The second kappa shape index (κ2) is 6.66. The molecule has 1 aromatic carbocycles. The molecule has 0 bridgehead atoms. The summed E-state index contributed by atoms with van der Waals surface area (Å²) in [6.45, 7) is 7.89. The first-order chi connectivity index (χ1) is 8.95. The molecule has 19 heavy (non-hydrogen) atoms. The van der Waals surface area contributed by atoms with Gasteiger partial charge < -0.3 is 20.5 Å². The fourth-order valence-corrected chi connectivity index (χ4v) is 1.93. The van der Waals surface area contributed by atoms with E-state index >= 15 is 0 Å². The number of nitrogens with one attached hydrogen (secondary N) is 1. The Morgan fingerprint density at radius 1 is 1.21 bits per heavy atom. The lowest BCUT2D eigenvalue weighted by Crippen LogP contribution is -2.26. The Kier molecular flexibility index (Phi) is 5.48. The summed E-state index contributed by atoms with van der Waals surface area (Å²) in [5.74, 6) is 1.68. The van der Waals surface area contributed by atoms with Crippen molar-refractivity contribution >= 4 is 5.69 Å². The highest BCUT2D eigenvalue weighted by molar-refractivity contribution is 5.63. The van der Waals surface area contributed by atoms with Crippen LogP contribution in [-0.4, -0.2) is 27.3 Å². The molecule has 0 atom stereocenters. The van der Waals surface area contributed by atoms with Crippen LogP contribution in [0.2, 0.25) is 0 Å². The van der Waals surface area contributed by atoms with Gasteiger partial charge in [-0.25, -0.2) is 0 Å². The van der Waals surface area contributed by atoms with Crippen molar-refractivity contribution in [3.05, 3.63) is 17.7 Å². The van der Waals surface area contributed by atoms with Crippen LogP contribution in [0.1, 0.15) is 25.8 Å². The largest absolute Gasteiger partial charge is 0.496 e. The summed E-state index contributed by atoms with van der Waals surface area (Å²) in [5, 5.41) is 3.41. The number of anilines is 1. The lowest BCUT2D eigenvalue weighted by molar-refractivity contribution is 0.357. The summed E-state index contributed by atoms with van der Waals surface area (Å²) in [7, 11) is 3.34. The Balaban J connectivity index is 2.76. The highest BCUT2D eigenvalue weighted by atomic mass is 16.5. The van der Waals surface area contributed by atoms with Crippen molar-refractivity contribution in [1.82, 2.24) is 0 Å². The molecule has 0 aromatic heterocycles. The van der Waals surface area contributed by atoms with Crippen molar-refractivity contribution in [3.8, 4) is 11.5 Å². The molecule has 0 saturated carbocycles. The molecule has 1 aromatic rings. The van der Waals surface area contributed by atoms with E-state index in [1.165, 1.54) is 0 Å². The maximum atomic E-state index is 5.73. The van der Waals surface area contributed by atoms with Crippen LogP contribution in [0.25, 0.3) is 0 Å². The molecule has 0 unspecified atom stereocenters. The SMILES string of the molecule is COc1ccc(NCCC(C)(C)CN)c(OC)c1C. The summed E-state index contributed by atoms with van der Waals surface area (Å²) in [6, 6.07) is 3.94. The predicted molar refractivity (Wildman–Crippen MR) is 80.2 cm³/mol. The lowest BCUT2D eigenvalue weighted by Gasteiger charge is -2.23. The van der Waals surface area contributed by atoms with E-state index in [2.05, 4.69) is 19.2 Å². The molecule has 4 heteroatoms. The van der Waals surface area contributed by atoms with E-state index in [0.29, 0.717) is 6.54 Å². The molecular formula is C15H26N2O2. The average Bonchev–Trinajstić information content (AvgIpc) is 2.39. The molecule has 0 aliphatic heterocycles. The fraction of sp³-hybridized carbons (Fsp3) is 0.600. The first kappa shape index (κ1) is 15.6. The van der Waals surface area contributed by atoms with Gasteiger partial charge in [0.2, 0.25) is 0 Å². The van der Waals surface area contributed by atoms with Crippen LogP contribution in [0.3, 0.4) is 0 Å². The first-order valence-corrected chi connectivity index (χ1v) is 6.60. The Labute approximate surface area is 116 Å². The van der Waals surface area contributed by atoms with E-state index in [4.69, 9.17) is 15.2 Å². The van der Waals surface area contributed by atoms with Gasteiger partial charge >= 0.3 is 0 Å². The molecule has 0 spiro atoms. The normalized spacial score (nSPS) is 11.3. The third kappa shape index (κ3) is 4.03. The van der Waals surface area contributed by atoms with Gasteiger partial charge in [0.25, 0.3) is 0 Å². The number of benzene rings is 1. The fourth-order valence-electron chi connectivity index (χ4n) is 1.93. The number of ether oxygens (including phenoxy) is 2. The molecule has 0 radical (unpaired) electrons.